The number of aromatic amines is 1. The number of aryl methyl sites for hydroxylation is 1. The quantitative estimate of drug-likeness (QED) is 0.652. The third-order valence-corrected chi connectivity index (χ3v) is 4.42. The largest absolute Gasteiger partial charge is 0.254 e. The fourth-order valence-corrected chi connectivity index (χ4v) is 2.87. The molecule has 17 heavy (non-hydrogen) atoms. The summed E-state index contributed by atoms with van der Waals surface area (Å²) in [4.78, 5) is 3.45. The summed E-state index contributed by atoms with van der Waals surface area (Å²) in [6.45, 7) is 3.06. The second kappa shape index (κ2) is 3.89. The van der Waals surface area contributed by atoms with Crippen molar-refractivity contribution in [2.24, 2.45) is 5.92 Å². The Morgan fingerprint density at radius 3 is 2.76 bits per heavy atom. The average molecular weight is 270 g/mol. The molecule has 1 heterocycles. The first kappa shape index (κ1) is 11.4. The summed E-state index contributed by atoms with van der Waals surface area (Å²) in [6, 6.07) is 8.35. The Morgan fingerprint density at radius 1 is 1.41 bits per heavy atom. The third-order valence-electron chi connectivity index (χ3n) is 3.49. The topological polar surface area (TPSA) is 19.7 Å². The van der Waals surface area contributed by atoms with Crippen molar-refractivity contribution in [1.29, 1.82) is 0 Å². The molecule has 0 aliphatic heterocycles. The maximum Gasteiger partial charge on any atom is 0.254 e. The van der Waals surface area contributed by atoms with Gasteiger partial charge < -0.3 is 0 Å². The summed E-state index contributed by atoms with van der Waals surface area (Å²) >= 11 is 12.2. The zero-order valence-corrected chi connectivity index (χ0v) is 11.2. The van der Waals surface area contributed by atoms with E-state index < -0.39 is 4.33 Å². The highest BCUT2D eigenvalue weighted by Crippen LogP contribution is 2.53. The van der Waals surface area contributed by atoms with Crippen LogP contribution >= 0.6 is 23.2 Å². The van der Waals surface area contributed by atoms with Crippen LogP contribution in [0.15, 0.2) is 24.3 Å². The fourth-order valence-electron chi connectivity index (χ4n) is 2.36. The van der Waals surface area contributed by atoms with Crippen LogP contribution in [0.2, 0.25) is 0 Å². The fraction of sp³-hybridized carbons (Fsp3) is 0.462. The van der Waals surface area contributed by atoms with E-state index >= 15 is 0 Å². The predicted molar refractivity (Wildman–Crippen MR) is 70.4 cm³/mol. The molecule has 0 radical (unpaired) electrons. The number of hydrogen-bond donors (Lipinski definition) is 1. The van der Waals surface area contributed by atoms with E-state index in [1.165, 1.54) is 16.9 Å². The lowest BCUT2D eigenvalue weighted by molar-refractivity contribution is -0.681. The van der Waals surface area contributed by atoms with Crippen molar-refractivity contribution >= 4 is 34.2 Å². The maximum atomic E-state index is 6.11. The zero-order valence-electron chi connectivity index (χ0n) is 9.71. The molecule has 0 saturated heterocycles. The van der Waals surface area contributed by atoms with Crippen LogP contribution in [0, 0.1) is 5.92 Å². The summed E-state index contributed by atoms with van der Waals surface area (Å²) in [5.74, 6) is 1.61. The van der Waals surface area contributed by atoms with Crippen molar-refractivity contribution in [3.05, 3.63) is 30.1 Å². The second-order valence-electron chi connectivity index (χ2n) is 4.72. The molecular weight excluding hydrogens is 255 g/mol. The Kier molecular flexibility index (Phi) is 2.60. The van der Waals surface area contributed by atoms with E-state index in [2.05, 4.69) is 34.7 Å². The normalized spacial score (nSPS) is 21.9. The van der Waals surface area contributed by atoms with Gasteiger partial charge >= 0.3 is 0 Å². The van der Waals surface area contributed by atoms with Gasteiger partial charge in [0, 0.05) is 12.3 Å². The summed E-state index contributed by atoms with van der Waals surface area (Å²) in [6.07, 6.45) is 1.88. The van der Waals surface area contributed by atoms with Gasteiger partial charge in [-0.3, -0.25) is 0 Å². The van der Waals surface area contributed by atoms with Crippen LogP contribution < -0.4 is 4.57 Å². The van der Waals surface area contributed by atoms with Crippen LogP contribution in [0.3, 0.4) is 0 Å². The number of rotatable bonds is 3. The lowest BCUT2D eigenvalue weighted by Gasteiger charge is -2.01. The minimum Gasteiger partial charge on any atom is -0.241 e. The molecule has 1 fully saturated rings. The van der Waals surface area contributed by atoms with E-state index in [9.17, 15) is 0 Å². The van der Waals surface area contributed by atoms with Crippen molar-refractivity contribution in [2.45, 2.75) is 30.6 Å². The van der Waals surface area contributed by atoms with E-state index in [0.29, 0.717) is 5.92 Å². The lowest BCUT2D eigenvalue weighted by Crippen LogP contribution is -2.38. The molecular formula is C13H15Cl2N2+. The molecule has 1 saturated carbocycles. The molecule has 90 valence electrons. The number of fused-ring (bicyclic) bond motifs is 1. The zero-order chi connectivity index (χ0) is 12.0. The maximum absolute atomic E-state index is 6.11. The number of halogens is 2. The minimum atomic E-state index is -0.504. The molecule has 0 amide bonds. The molecule has 1 aliphatic rings. The van der Waals surface area contributed by atoms with Crippen LogP contribution in [0.5, 0.6) is 0 Å². The van der Waals surface area contributed by atoms with Gasteiger partial charge in [-0.2, -0.15) is 0 Å². The van der Waals surface area contributed by atoms with E-state index in [1.54, 1.807) is 0 Å². The molecule has 1 aromatic heterocycles. The summed E-state index contributed by atoms with van der Waals surface area (Å²) in [5.41, 5.74) is 2.42. The van der Waals surface area contributed by atoms with E-state index in [-0.39, 0.29) is 0 Å². The number of para-hydroxylation sites is 2. The first-order chi connectivity index (χ1) is 8.12. The van der Waals surface area contributed by atoms with Gasteiger partial charge in [-0.1, -0.05) is 19.1 Å². The summed E-state index contributed by atoms with van der Waals surface area (Å²) in [7, 11) is 0. The standard InChI is InChI=1S/C13H14Cl2N2/c1-2-12-16-10-5-3-4-6-11(10)17(12)8-9-7-13(9,14)15/h3-6,9H,2,7-8H2,1H3/p+1. The van der Waals surface area contributed by atoms with Gasteiger partial charge in [-0.05, 0) is 18.6 Å². The number of hydrogen-bond acceptors (Lipinski definition) is 0. The van der Waals surface area contributed by atoms with Crippen molar-refractivity contribution < 1.29 is 4.57 Å². The number of nitrogens with zero attached hydrogens (tertiary/aromatic N) is 1. The monoisotopic (exact) mass is 269 g/mol. The van der Waals surface area contributed by atoms with E-state index in [1.807, 2.05) is 6.07 Å². The van der Waals surface area contributed by atoms with Crippen LogP contribution in [0.25, 0.3) is 11.0 Å². The third kappa shape index (κ3) is 1.94. The number of nitrogens with one attached hydrogen (secondary N) is 1. The molecule has 2 aromatic rings. The van der Waals surface area contributed by atoms with Gasteiger partial charge in [0.2, 0.25) is 0 Å². The van der Waals surface area contributed by atoms with Gasteiger partial charge in [-0.15, -0.1) is 23.2 Å². The first-order valence-corrected chi connectivity index (χ1v) is 6.74. The number of alkyl halides is 2. The van der Waals surface area contributed by atoms with Crippen LogP contribution in [0.4, 0.5) is 0 Å². The molecule has 3 rings (SSSR count). The molecule has 4 heteroatoms. The van der Waals surface area contributed by atoms with Gasteiger partial charge in [-0.25, -0.2) is 9.55 Å². The smallest absolute Gasteiger partial charge is 0.241 e. The van der Waals surface area contributed by atoms with Crippen molar-refractivity contribution in [3.8, 4) is 0 Å². The Hall–Kier alpha value is -0.730. The van der Waals surface area contributed by atoms with Crippen LogP contribution in [0.1, 0.15) is 19.2 Å². The van der Waals surface area contributed by atoms with Crippen molar-refractivity contribution in [3.63, 3.8) is 0 Å². The highest BCUT2D eigenvalue weighted by molar-refractivity contribution is 6.50. The second-order valence-corrected chi connectivity index (χ2v) is 6.26. The van der Waals surface area contributed by atoms with Crippen molar-refractivity contribution in [2.75, 3.05) is 0 Å². The van der Waals surface area contributed by atoms with E-state index in [0.717, 1.165) is 19.4 Å². The van der Waals surface area contributed by atoms with Crippen LogP contribution in [-0.4, -0.2) is 9.32 Å². The molecule has 0 spiro atoms. The average Bonchev–Trinajstić information content (AvgIpc) is 2.76. The Labute approximate surface area is 111 Å². The Balaban J connectivity index is 2.01. The van der Waals surface area contributed by atoms with Gasteiger partial charge in [0.25, 0.3) is 5.82 Å². The van der Waals surface area contributed by atoms with E-state index in [4.69, 9.17) is 23.2 Å². The number of benzene rings is 1. The Morgan fingerprint density at radius 2 is 2.12 bits per heavy atom. The molecule has 1 aliphatic carbocycles. The SMILES string of the molecule is CCc1[nH]c2ccccc2[n+]1CC1CC1(Cl)Cl. The highest BCUT2D eigenvalue weighted by Gasteiger charge is 2.53. The summed E-state index contributed by atoms with van der Waals surface area (Å²) in [5, 5.41) is 0. The molecule has 1 unspecified atom stereocenters. The highest BCUT2D eigenvalue weighted by atomic mass is 35.5. The van der Waals surface area contributed by atoms with Crippen LogP contribution in [-0.2, 0) is 13.0 Å². The number of H-pyrrole nitrogens is 1. The molecule has 1 aromatic carbocycles. The lowest BCUT2D eigenvalue weighted by atomic mass is 10.3. The molecule has 1 N–H and O–H groups in total. The molecule has 2 nitrogen and oxygen atoms in total. The van der Waals surface area contributed by atoms with Gasteiger partial charge in [0.05, 0.1) is 6.54 Å². The summed E-state index contributed by atoms with van der Waals surface area (Å²) < 4.78 is 1.81. The number of aromatic nitrogens is 2. The molecule has 0 bridgehead atoms. The van der Waals surface area contributed by atoms with Gasteiger partial charge in [0.1, 0.15) is 4.33 Å². The first-order valence-electron chi connectivity index (χ1n) is 5.99. The number of imidazole rings is 1. The molecule has 1 atom stereocenters. The van der Waals surface area contributed by atoms with Gasteiger partial charge in [0.15, 0.2) is 11.0 Å². The minimum absolute atomic E-state index is 0.375. The Bertz CT molecular complexity index is 560. The predicted octanol–water partition coefficient (Wildman–Crippen LogP) is 3.21. The van der Waals surface area contributed by atoms with Crippen molar-refractivity contribution in [1.82, 2.24) is 4.98 Å².